The first-order valence-corrected chi connectivity index (χ1v) is 10.3. The van der Waals surface area contributed by atoms with Crippen molar-refractivity contribution in [3.63, 3.8) is 0 Å². The number of aliphatic hydroxyl groups excluding tert-OH is 1. The maximum Gasteiger partial charge on any atom is 0.295 e. The van der Waals surface area contributed by atoms with Gasteiger partial charge in [0.2, 0.25) is 0 Å². The van der Waals surface area contributed by atoms with Crippen molar-refractivity contribution >= 4 is 23.1 Å². The van der Waals surface area contributed by atoms with Gasteiger partial charge in [0.05, 0.1) is 16.5 Å². The van der Waals surface area contributed by atoms with Gasteiger partial charge in [-0.1, -0.05) is 26.0 Å². The Morgan fingerprint density at radius 3 is 2.41 bits per heavy atom. The molecule has 2 aromatic rings. The topological polar surface area (TPSA) is 104 Å². The molecule has 168 valence electrons. The molecule has 1 N–H and O–H groups in total. The Balaban J connectivity index is 2.13. The second-order valence-electron chi connectivity index (χ2n) is 7.38. The zero-order valence-electron chi connectivity index (χ0n) is 17.8. The standard InChI is InChI=1S/C23H24FN3O5/c1-3-25(4-2)12-13-26-20(16-6-5-7-18(14-16)27(31)32)19(22(29)23(26)30)21(28)15-8-10-17(24)11-9-15/h5-11,14,20,28H,3-4,12-13H2,1-2H3/b21-19+/t20-/m0/s1. The third-order valence-corrected chi connectivity index (χ3v) is 5.61. The summed E-state index contributed by atoms with van der Waals surface area (Å²) in [4.78, 5) is 40.0. The van der Waals surface area contributed by atoms with E-state index < -0.39 is 34.2 Å². The smallest absolute Gasteiger partial charge is 0.295 e. The maximum absolute atomic E-state index is 13.3. The van der Waals surface area contributed by atoms with Gasteiger partial charge in [-0.15, -0.1) is 0 Å². The molecule has 8 nitrogen and oxygen atoms in total. The van der Waals surface area contributed by atoms with E-state index in [2.05, 4.69) is 4.90 Å². The van der Waals surface area contributed by atoms with E-state index in [4.69, 9.17) is 0 Å². The molecule has 0 aliphatic carbocycles. The molecule has 1 saturated heterocycles. The molecule has 2 aromatic carbocycles. The number of benzene rings is 2. The molecular formula is C23H24FN3O5. The van der Waals surface area contributed by atoms with Gasteiger partial charge in [0, 0.05) is 30.8 Å². The van der Waals surface area contributed by atoms with Crippen LogP contribution in [0, 0.1) is 15.9 Å². The summed E-state index contributed by atoms with van der Waals surface area (Å²) in [5.41, 5.74) is 0.130. The molecule has 1 aliphatic rings. The average molecular weight is 441 g/mol. The van der Waals surface area contributed by atoms with E-state index in [1.807, 2.05) is 13.8 Å². The largest absolute Gasteiger partial charge is 0.507 e. The molecule has 1 atom stereocenters. The van der Waals surface area contributed by atoms with Crippen LogP contribution in [0.25, 0.3) is 5.76 Å². The van der Waals surface area contributed by atoms with Crippen LogP contribution < -0.4 is 0 Å². The van der Waals surface area contributed by atoms with Crippen LogP contribution >= 0.6 is 0 Å². The number of Topliss-reactive ketones (excluding diaryl/α,β-unsaturated/α-hetero) is 1. The van der Waals surface area contributed by atoms with Crippen LogP contribution in [0.4, 0.5) is 10.1 Å². The Kier molecular flexibility index (Phi) is 6.99. The van der Waals surface area contributed by atoms with Gasteiger partial charge < -0.3 is 14.9 Å². The van der Waals surface area contributed by atoms with Gasteiger partial charge >= 0.3 is 0 Å². The van der Waals surface area contributed by atoms with E-state index in [0.29, 0.717) is 12.1 Å². The summed E-state index contributed by atoms with van der Waals surface area (Å²) in [7, 11) is 0. The minimum absolute atomic E-state index is 0.170. The number of carbonyl (C=O) groups excluding carboxylic acids is 2. The number of nitro benzene ring substituents is 1. The van der Waals surface area contributed by atoms with Gasteiger partial charge in [-0.3, -0.25) is 19.7 Å². The highest BCUT2D eigenvalue weighted by atomic mass is 19.1. The van der Waals surface area contributed by atoms with E-state index in [1.54, 1.807) is 6.07 Å². The molecule has 32 heavy (non-hydrogen) atoms. The van der Waals surface area contributed by atoms with E-state index in [-0.39, 0.29) is 23.4 Å². The molecule has 1 aliphatic heterocycles. The van der Waals surface area contributed by atoms with Crippen molar-refractivity contribution in [2.75, 3.05) is 26.2 Å². The minimum Gasteiger partial charge on any atom is -0.507 e. The number of hydrogen-bond acceptors (Lipinski definition) is 6. The lowest BCUT2D eigenvalue weighted by molar-refractivity contribution is -0.384. The molecule has 1 amide bonds. The average Bonchev–Trinajstić information content (AvgIpc) is 3.04. The molecule has 0 spiro atoms. The molecule has 0 aromatic heterocycles. The second-order valence-corrected chi connectivity index (χ2v) is 7.38. The maximum atomic E-state index is 13.3. The SMILES string of the molecule is CCN(CC)CCN1C(=O)C(=O)/C(=C(/O)c2ccc(F)cc2)[C@@H]1c1cccc([N+](=O)[O-])c1. The number of ketones is 1. The number of nitro groups is 1. The van der Waals surface area contributed by atoms with Crippen molar-refractivity contribution in [1.29, 1.82) is 0 Å². The Hall–Kier alpha value is -3.59. The summed E-state index contributed by atoms with van der Waals surface area (Å²) in [6.45, 7) is 6.13. The number of likely N-dealkylation sites (N-methyl/N-ethyl adjacent to an activating group) is 1. The van der Waals surface area contributed by atoms with E-state index in [1.165, 1.54) is 35.2 Å². The van der Waals surface area contributed by atoms with Crippen LogP contribution in [0.15, 0.2) is 54.1 Å². The number of nitrogens with zero attached hydrogens (tertiary/aromatic N) is 3. The van der Waals surface area contributed by atoms with Crippen LogP contribution in [0.3, 0.4) is 0 Å². The third kappa shape index (κ3) is 4.52. The first-order valence-electron chi connectivity index (χ1n) is 10.3. The van der Waals surface area contributed by atoms with Crippen molar-refractivity contribution in [2.45, 2.75) is 19.9 Å². The number of amides is 1. The number of aliphatic hydroxyl groups is 1. The number of rotatable bonds is 8. The summed E-state index contributed by atoms with van der Waals surface area (Å²) in [6, 6.07) is 9.51. The quantitative estimate of drug-likeness (QED) is 0.221. The molecule has 0 bridgehead atoms. The molecule has 3 rings (SSSR count). The summed E-state index contributed by atoms with van der Waals surface area (Å²) >= 11 is 0. The second kappa shape index (κ2) is 9.69. The predicted molar refractivity (Wildman–Crippen MR) is 116 cm³/mol. The fraction of sp³-hybridized carbons (Fsp3) is 0.304. The lowest BCUT2D eigenvalue weighted by Crippen LogP contribution is -2.38. The zero-order chi connectivity index (χ0) is 23.4. The first kappa shape index (κ1) is 23.1. The fourth-order valence-corrected chi connectivity index (χ4v) is 3.82. The lowest BCUT2D eigenvalue weighted by Gasteiger charge is -2.28. The van der Waals surface area contributed by atoms with Crippen LogP contribution in [0.5, 0.6) is 0 Å². The monoisotopic (exact) mass is 441 g/mol. The van der Waals surface area contributed by atoms with Crippen LogP contribution in [-0.4, -0.2) is 57.7 Å². The Morgan fingerprint density at radius 2 is 1.81 bits per heavy atom. The summed E-state index contributed by atoms with van der Waals surface area (Å²) < 4.78 is 13.3. The van der Waals surface area contributed by atoms with Gasteiger partial charge in [0.25, 0.3) is 17.4 Å². The number of carbonyl (C=O) groups is 2. The van der Waals surface area contributed by atoms with Crippen LogP contribution in [0.2, 0.25) is 0 Å². The number of halogens is 1. The van der Waals surface area contributed by atoms with Gasteiger partial charge in [0.15, 0.2) is 0 Å². The zero-order valence-corrected chi connectivity index (χ0v) is 17.8. The van der Waals surface area contributed by atoms with Gasteiger partial charge in [-0.25, -0.2) is 4.39 Å². The summed E-state index contributed by atoms with van der Waals surface area (Å²) in [5, 5.41) is 22.2. The van der Waals surface area contributed by atoms with Crippen molar-refractivity contribution < 1.29 is 24.0 Å². The van der Waals surface area contributed by atoms with Crippen molar-refractivity contribution in [3.8, 4) is 0 Å². The van der Waals surface area contributed by atoms with E-state index in [9.17, 15) is 29.2 Å². The van der Waals surface area contributed by atoms with Crippen LogP contribution in [0.1, 0.15) is 31.0 Å². The molecular weight excluding hydrogens is 417 g/mol. The predicted octanol–water partition coefficient (Wildman–Crippen LogP) is 3.50. The Morgan fingerprint density at radius 1 is 1.16 bits per heavy atom. The summed E-state index contributed by atoms with van der Waals surface area (Å²) in [5.74, 6) is -2.65. The van der Waals surface area contributed by atoms with E-state index >= 15 is 0 Å². The van der Waals surface area contributed by atoms with Gasteiger partial charge in [-0.2, -0.15) is 0 Å². The molecule has 0 radical (unpaired) electrons. The molecule has 9 heteroatoms. The van der Waals surface area contributed by atoms with Crippen molar-refractivity contribution in [1.82, 2.24) is 9.80 Å². The Labute approximate surface area is 184 Å². The van der Waals surface area contributed by atoms with Gasteiger partial charge in [0.1, 0.15) is 11.6 Å². The summed E-state index contributed by atoms with van der Waals surface area (Å²) in [6.07, 6.45) is 0. The third-order valence-electron chi connectivity index (χ3n) is 5.61. The minimum atomic E-state index is -1.00. The van der Waals surface area contributed by atoms with E-state index in [0.717, 1.165) is 25.2 Å². The van der Waals surface area contributed by atoms with Crippen molar-refractivity contribution in [3.05, 3.63) is 81.2 Å². The lowest BCUT2D eigenvalue weighted by atomic mass is 9.95. The molecule has 0 saturated carbocycles. The number of non-ortho nitro benzene ring substituents is 1. The Bertz CT molecular complexity index is 1060. The normalized spacial score (nSPS) is 17.9. The molecule has 1 heterocycles. The highest BCUT2D eigenvalue weighted by molar-refractivity contribution is 6.46. The molecule has 0 unspecified atom stereocenters. The number of likely N-dealkylation sites (tertiary alicyclic amines) is 1. The number of hydrogen-bond donors (Lipinski definition) is 1. The molecule has 1 fully saturated rings. The van der Waals surface area contributed by atoms with Crippen LogP contribution in [-0.2, 0) is 9.59 Å². The highest BCUT2D eigenvalue weighted by Gasteiger charge is 2.46. The first-order chi connectivity index (χ1) is 15.3. The highest BCUT2D eigenvalue weighted by Crippen LogP contribution is 2.40. The van der Waals surface area contributed by atoms with Crippen molar-refractivity contribution in [2.24, 2.45) is 0 Å². The van der Waals surface area contributed by atoms with Gasteiger partial charge in [-0.05, 0) is 42.9 Å². The fourth-order valence-electron chi connectivity index (χ4n) is 3.82.